The Labute approximate surface area is 149 Å². The summed E-state index contributed by atoms with van der Waals surface area (Å²) in [6, 6.07) is 5.42. The van der Waals surface area contributed by atoms with Crippen LogP contribution in [0, 0.1) is 12.8 Å². The summed E-state index contributed by atoms with van der Waals surface area (Å²) in [5.41, 5.74) is 1.71. The van der Waals surface area contributed by atoms with Crippen LogP contribution in [0.2, 0.25) is 0 Å². The molecule has 0 aromatic heterocycles. The molecule has 138 valence electrons. The van der Waals surface area contributed by atoms with Crippen molar-refractivity contribution in [2.45, 2.75) is 46.1 Å². The molecule has 2 N–H and O–H groups in total. The summed E-state index contributed by atoms with van der Waals surface area (Å²) >= 11 is 0. The number of rotatable bonds is 5. The van der Waals surface area contributed by atoms with Crippen LogP contribution in [0.4, 0.5) is 10.5 Å². The number of carbonyl (C=O) groups is 2. The molecule has 2 rings (SSSR count). The van der Waals surface area contributed by atoms with Gasteiger partial charge in [0, 0.05) is 31.2 Å². The lowest BCUT2D eigenvalue weighted by atomic mass is 10.0. The molecule has 1 aromatic carbocycles. The highest BCUT2D eigenvalue weighted by Gasteiger charge is 2.24. The minimum absolute atomic E-state index is 0.0995. The Hall–Kier alpha value is -2.24. The van der Waals surface area contributed by atoms with E-state index in [0.717, 1.165) is 29.8 Å². The maximum absolute atomic E-state index is 12.2. The van der Waals surface area contributed by atoms with Crippen molar-refractivity contribution < 1.29 is 14.3 Å². The summed E-state index contributed by atoms with van der Waals surface area (Å²) in [4.78, 5) is 26.2. The van der Waals surface area contributed by atoms with Crippen molar-refractivity contribution in [3.8, 4) is 5.75 Å². The average molecular weight is 347 g/mol. The first kappa shape index (κ1) is 19.1. The largest absolute Gasteiger partial charge is 0.496 e. The molecule has 25 heavy (non-hydrogen) atoms. The molecule has 1 aliphatic rings. The Morgan fingerprint density at radius 1 is 1.28 bits per heavy atom. The Balaban J connectivity index is 1.78. The van der Waals surface area contributed by atoms with Crippen molar-refractivity contribution in [1.82, 2.24) is 10.2 Å². The number of likely N-dealkylation sites (tertiary alicyclic amines) is 1. The fourth-order valence-corrected chi connectivity index (χ4v) is 3.06. The minimum Gasteiger partial charge on any atom is -0.496 e. The molecule has 0 unspecified atom stereocenters. The molecule has 1 saturated heterocycles. The number of benzene rings is 1. The van der Waals surface area contributed by atoms with Crippen molar-refractivity contribution >= 4 is 17.6 Å². The molecule has 0 atom stereocenters. The molecule has 6 nitrogen and oxygen atoms in total. The lowest BCUT2D eigenvalue weighted by molar-refractivity contribution is -0.133. The first-order valence-corrected chi connectivity index (χ1v) is 8.89. The molecule has 1 fully saturated rings. The molecule has 1 aromatic rings. The zero-order valence-corrected chi connectivity index (χ0v) is 15.6. The predicted molar refractivity (Wildman–Crippen MR) is 98.9 cm³/mol. The lowest BCUT2D eigenvalue weighted by Crippen LogP contribution is -2.47. The second-order valence-electron chi connectivity index (χ2n) is 7.04. The van der Waals surface area contributed by atoms with Crippen LogP contribution in [-0.4, -0.2) is 43.1 Å². The van der Waals surface area contributed by atoms with E-state index in [1.165, 1.54) is 0 Å². The fraction of sp³-hybridized carbons (Fsp3) is 0.579. The van der Waals surface area contributed by atoms with E-state index < -0.39 is 0 Å². The van der Waals surface area contributed by atoms with E-state index in [1.54, 1.807) is 7.11 Å². The standard InChI is InChI=1S/C19H29N3O3/c1-13(2)11-18(23)22-9-7-15(8-10-22)20-19(24)21-16-5-6-17(25-4)14(3)12-16/h5-6,12-13,15H,7-11H2,1-4H3,(H2,20,21,24). The number of nitrogens with zero attached hydrogens (tertiary/aromatic N) is 1. The number of ether oxygens (including phenoxy) is 1. The van der Waals surface area contributed by atoms with Gasteiger partial charge in [0.05, 0.1) is 7.11 Å². The Morgan fingerprint density at radius 3 is 2.52 bits per heavy atom. The van der Waals surface area contributed by atoms with Crippen LogP contribution in [0.1, 0.15) is 38.7 Å². The number of methoxy groups -OCH3 is 1. The van der Waals surface area contributed by atoms with Gasteiger partial charge in [-0.1, -0.05) is 13.8 Å². The maximum Gasteiger partial charge on any atom is 0.319 e. The monoisotopic (exact) mass is 347 g/mol. The van der Waals surface area contributed by atoms with Crippen LogP contribution in [0.5, 0.6) is 5.75 Å². The summed E-state index contributed by atoms with van der Waals surface area (Å²) < 4.78 is 5.22. The molecule has 0 saturated carbocycles. The molecule has 6 heteroatoms. The number of anilines is 1. The number of carbonyl (C=O) groups excluding carboxylic acids is 2. The van der Waals surface area contributed by atoms with Gasteiger partial charge in [0.15, 0.2) is 0 Å². The van der Waals surface area contributed by atoms with Crippen molar-refractivity contribution in [1.29, 1.82) is 0 Å². The molecule has 0 radical (unpaired) electrons. The summed E-state index contributed by atoms with van der Waals surface area (Å²) in [5.74, 6) is 1.39. The van der Waals surface area contributed by atoms with Gasteiger partial charge in [-0.15, -0.1) is 0 Å². The SMILES string of the molecule is COc1ccc(NC(=O)NC2CCN(C(=O)CC(C)C)CC2)cc1C. The maximum atomic E-state index is 12.2. The van der Waals surface area contributed by atoms with Gasteiger partial charge >= 0.3 is 6.03 Å². The highest BCUT2D eigenvalue weighted by atomic mass is 16.5. The topological polar surface area (TPSA) is 70.7 Å². The van der Waals surface area contributed by atoms with Crippen molar-refractivity contribution in [3.63, 3.8) is 0 Å². The van der Waals surface area contributed by atoms with Gasteiger partial charge in [0.25, 0.3) is 0 Å². The molecule has 0 spiro atoms. The molecular weight excluding hydrogens is 318 g/mol. The Kier molecular flexibility index (Phi) is 6.67. The van der Waals surface area contributed by atoms with E-state index in [4.69, 9.17) is 4.74 Å². The molecule has 1 aliphatic heterocycles. The van der Waals surface area contributed by atoms with E-state index in [1.807, 2.05) is 30.0 Å². The third-order valence-corrected chi connectivity index (χ3v) is 4.42. The van der Waals surface area contributed by atoms with Crippen LogP contribution in [-0.2, 0) is 4.79 Å². The summed E-state index contributed by atoms with van der Waals surface area (Å²) in [5, 5.41) is 5.85. The van der Waals surface area contributed by atoms with Crippen molar-refractivity contribution in [3.05, 3.63) is 23.8 Å². The lowest BCUT2D eigenvalue weighted by Gasteiger charge is -2.32. The van der Waals surface area contributed by atoms with Crippen molar-refractivity contribution in [2.24, 2.45) is 5.92 Å². The first-order valence-electron chi connectivity index (χ1n) is 8.89. The summed E-state index contributed by atoms with van der Waals surface area (Å²) in [6.45, 7) is 7.46. The second-order valence-corrected chi connectivity index (χ2v) is 7.04. The minimum atomic E-state index is -0.212. The summed E-state index contributed by atoms with van der Waals surface area (Å²) in [6.07, 6.45) is 2.17. The van der Waals surface area contributed by atoms with Gasteiger partial charge < -0.3 is 20.3 Å². The molecular formula is C19H29N3O3. The van der Waals surface area contributed by atoms with Crippen LogP contribution in [0.15, 0.2) is 18.2 Å². The highest BCUT2D eigenvalue weighted by Crippen LogP contribution is 2.21. The van der Waals surface area contributed by atoms with Crippen LogP contribution < -0.4 is 15.4 Å². The predicted octanol–water partition coefficient (Wildman–Crippen LogP) is 3.16. The number of urea groups is 1. The average Bonchev–Trinajstić information content (AvgIpc) is 2.55. The number of aryl methyl sites for hydroxylation is 1. The van der Waals surface area contributed by atoms with Crippen LogP contribution >= 0.6 is 0 Å². The molecule has 3 amide bonds. The van der Waals surface area contributed by atoms with Gasteiger partial charge in [-0.3, -0.25) is 4.79 Å². The van der Waals surface area contributed by atoms with Crippen molar-refractivity contribution in [2.75, 3.05) is 25.5 Å². The number of amides is 3. The van der Waals surface area contributed by atoms with E-state index >= 15 is 0 Å². The zero-order valence-electron chi connectivity index (χ0n) is 15.6. The Bertz CT molecular complexity index is 608. The summed E-state index contributed by atoms with van der Waals surface area (Å²) in [7, 11) is 1.63. The van der Waals surface area contributed by atoms with Crippen LogP contribution in [0.25, 0.3) is 0 Å². The van der Waals surface area contributed by atoms with Gasteiger partial charge in [-0.2, -0.15) is 0 Å². The molecule has 0 bridgehead atoms. The highest BCUT2D eigenvalue weighted by molar-refractivity contribution is 5.89. The van der Waals surface area contributed by atoms with E-state index in [9.17, 15) is 9.59 Å². The quantitative estimate of drug-likeness (QED) is 0.859. The normalized spacial score (nSPS) is 15.2. The van der Waals surface area contributed by atoms with Gasteiger partial charge in [0.2, 0.25) is 5.91 Å². The number of hydrogen-bond donors (Lipinski definition) is 2. The molecule has 1 heterocycles. The van der Waals surface area contributed by atoms with Gasteiger partial charge in [-0.05, 0) is 49.4 Å². The van der Waals surface area contributed by atoms with Gasteiger partial charge in [-0.25, -0.2) is 4.79 Å². The zero-order chi connectivity index (χ0) is 18.4. The second kappa shape index (κ2) is 8.74. The fourth-order valence-electron chi connectivity index (χ4n) is 3.06. The smallest absolute Gasteiger partial charge is 0.319 e. The number of piperidine rings is 1. The Morgan fingerprint density at radius 2 is 1.96 bits per heavy atom. The van der Waals surface area contributed by atoms with E-state index in [0.29, 0.717) is 25.4 Å². The van der Waals surface area contributed by atoms with E-state index in [2.05, 4.69) is 24.5 Å². The third kappa shape index (κ3) is 5.66. The van der Waals surface area contributed by atoms with Gasteiger partial charge in [0.1, 0.15) is 5.75 Å². The third-order valence-electron chi connectivity index (χ3n) is 4.42. The molecule has 0 aliphatic carbocycles. The van der Waals surface area contributed by atoms with Crippen LogP contribution in [0.3, 0.4) is 0 Å². The first-order chi connectivity index (χ1) is 11.9. The number of nitrogens with one attached hydrogen (secondary N) is 2. The number of hydrogen-bond acceptors (Lipinski definition) is 3. The van der Waals surface area contributed by atoms with E-state index in [-0.39, 0.29) is 18.0 Å².